The number of aliphatic hydroxyl groups is 3. The predicted octanol–water partition coefficient (Wildman–Crippen LogP) is -11.4. The molecule has 0 bridgehead atoms. The molecule has 70 valence electrons. The molecule has 1 unspecified atom stereocenters. The number of rotatable bonds is 4. The summed E-state index contributed by atoms with van der Waals surface area (Å²) < 4.78 is 0. The summed E-state index contributed by atoms with van der Waals surface area (Å²) >= 11 is 0. The van der Waals surface area contributed by atoms with Gasteiger partial charge in [-0.3, -0.25) is 0 Å². The zero-order chi connectivity index (χ0) is 9.89. The number of hydrogen-bond donors (Lipinski definition) is 3. The van der Waals surface area contributed by atoms with E-state index in [9.17, 15) is 19.8 Å². The first-order valence-corrected chi connectivity index (χ1v) is 2.84. The van der Waals surface area contributed by atoms with E-state index in [1.165, 1.54) is 0 Å². The van der Waals surface area contributed by atoms with Gasteiger partial charge < -0.3 is 35.1 Å². The third kappa shape index (κ3) is 6.85. The zero-order valence-electron chi connectivity index (χ0n) is 7.71. The van der Waals surface area contributed by atoms with Crippen molar-refractivity contribution in [3.8, 4) is 0 Å². The van der Waals surface area contributed by atoms with Crippen LogP contribution in [0.25, 0.3) is 0 Å². The van der Waals surface area contributed by atoms with Crippen molar-refractivity contribution >= 4 is 11.9 Å². The molecule has 0 aliphatic rings. The smallest absolute Gasteiger partial charge is 0.547 e. The largest absolute Gasteiger partial charge is 1.00 e. The summed E-state index contributed by atoms with van der Waals surface area (Å²) in [6, 6.07) is 0. The van der Waals surface area contributed by atoms with Gasteiger partial charge in [0.05, 0.1) is 11.9 Å². The Balaban J connectivity index is -0.000000605. The van der Waals surface area contributed by atoms with Crippen LogP contribution in [0.1, 0.15) is 0 Å². The molecule has 0 saturated heterocycles. The second kappa shape index (κ2) is 9.67. The molecule has 14 heavy (non-hydrogen) atoms. The van der Waals surface area contributed by atoms with E-state index in [1.54, 1.807) is 0 Å². The Kier molecular flexibility index (Phi) is 14.4. The molecule has 7 nitrogen and oxygen atoms in total. The molecule has 0 radical (unpaired) electrons. The molecule has 3 N–H and O–H groups in total. The first kappa shape index (κ1) is 20.8. The maximum atomic E-state index is 9.82. The average Bonchev–Trinajstić information content (AvgIpc) is 2.00. The quantitative estimate of drug-likeness (QED) is 0.414. The van der Waals surface area contributed by atoms with Crippen molar-refractivity contribution in [3.05, 3.63) is 0 Å². The topological polar surface area (TPSA) is 141 Å². The standard InChI is InChI=1S/C5H8O7.K.Na/c6-1(2(7)4(9)10)3(8)5(11)12;;/h1-3,6-8H,(H,9,10)(H,11,12);;/q;2*+1/p-2/t1?,2-,3+;;. The van der Waals surface area contributed by atoms with E-state index in [0.717, 1.165) is 0 Å². The van der Waals surface area contributed by atoms with Gasteiger partial charge in [0.25, 0.3) is 0 Å². The second-order valence-corrected chi connectivity index (χ2v) is 2.02. The molecular weight excluding hydrogens is 234 g/mol. The third-order valence-corrected chi connectivity index (χ3v) is 1.13. The van der Waals surface area contributed by atoms with Crippen molar-refractivity contribution < 1.29 is 116 Å². The van der Waals surface area contributed by atoms with E-state index < -0.39 is 30.3 Å². The number of carbonyl (C=O) groups excluding carboxylic acids is 2. The third-order valence-electron chi connectivity index (χ3n) is 1.13. The van der Waals surface area contributed by atoms with Crippen LogP contribution < -0.4 is 91.2 Å². The van der Waals surface area contributed by atoms with Crippen molar-refractivity contribution in [2.75, 3.05) is 0 Å². The molecular formula is C5H6KNaO7. The Morgan fingerprint density at radius 1 is 0.929 bits per heavy atom. The molecule has 0 aliphatic carbocycles. The molecule has 0 aliphatic heterocycles. The number of hydrogen-bond acceptors (Lipinski definition) is 7. The predicted molar refractivity (Wildman–Crippen MR) is 28.0 cm³/mol. The summed E-state index contributed by atoms with van der Waals surface area (Å²) in [6.45, 7) is 0. The second-order valence-electron chi connectivity index (χ2n) is 2.02. The average molecular weight is 240 g/mol. The minimum absolute atomic E-state index is 0. The maximum Gasteiger partial charge on any atom is 1.00 e. The van der Waals surface area contributed by atoms with Gasteiger partial charge in [-0.1, -0.05) is 0 Å². The Bertz CT molecular complexity index is 179. The minimum atomic E-state index is -2.46. The Morgan fingerprint density at radius 2 is 1.14 bits per heavy atom. The summed E-state index contributed by atoms with van der Waals surface area (Å²) in [5.74, 6) is -4.16. The van der Waals surface area contributed by atoms with Gasteiger partial charge in [-0.25, -0.2) is 0 Å². The van der Waals surface area contributed by atoms with Gasteiger partial charge in [0, 0.05) is 0 Å². The van der Waals surface area contributed by atoms with Gasteiger partial charge in [-0.15, -0.1) is 0 Å². The van der Waals surface area contributed by atoms with Crippen LogP contribution in [0.2, 0.25) is 0 Å². The normalized spacial score (nSPS) is 15.4. The Hall–Kier alpha value is 1.46. The monoisotopic (exact) mass is 240 g/mol. The number of aliphatic carboxylic acids is 2. The van der Waals surface area contributed by atoms with Crippen molar-refractivity contribution in [2.45, 2.75) is 18.3 Å². The summed E-state index contributed by atoms with van der Waals surface area (Å²) in [5, 5.41) is 45.1. The van der Waals surface area contributed by atoms with Crippen LogP contribution in [0.4, 0.5) is 0 Å². The van der Waals surface area contributed by atoms with Crippen LogP contribution >= 0.6 is 0 Å². The van der Waals surface area contributed by atoms with Crippen LogP contribution in [0.3, 0.4) is 0 Å². The molecule has 0 aromatic carbocycles. The van der Waals surface area contributed by atoms with Crippen LogP contribution in [0, 0.1) is 0 Å². The molecule has 0 spiro atoms. The van der Waals surface area contributed by atoms with E-state index in [-0.39, 0.29) is 80.9 Å². The fourth-order valence-corrected chi connectivity index (χ4v) is 0.452. The number of carbonyl (C=O) groups is 2. The first-order chi connectivity index (χ1) is 5.37. The summed E-state index contributed by atoms with van der Waals surface area (Å²) in [7, 11) is 0. The first-order valence-electron chi connectivity index (χ1n) is 2.84. The van der Waals surface area contributed by atoms with Crippen molar-refractivity contribution in [3.63, 3.8) is 0 Å². The van der Waals surface area contributed by atoms with Gasteiger partial charge in [0.1, 0.15) is 18.3 Å². The van der Waals surface area contributed by atoms with Crippen LogP contribution in [0.5, 0.6) is 0 Å². The van der Waals surface area contributed by atoms with E-state index >= 15 is 0 Å². The number of carboxylic acids is 2. The van der Waals surface area contributed by atoms with Crippen molar-refractivity contribution in [1.82, 2.24) is 0 Å². The SMILES string of the molecule is O=C([O-])[C@@H](O)C(O)[C@@H](O)C(=O)[O-].[K+].[Na+]. The van der Waals surface area contributed by atoms with Gasteiger partial charge in [-0.05, 0) is 0 Å². The molecule has 0 rings (SSSR count). The van der Waals surface area contributed by atoms with E-state index in [1.807, 2.05) is 0 Å². The van der Waals surface area contributed by atoms with E-state index in [0.29, 0.717) is 0 Å². The van der Waals surface area contributed by atoms with Crippen molar-refractivity contribution in [1.29, 1.82) is 0 Å². The number of aliphatic hydroxyl groups excluding tert-OH is 3. The zero-order valence-corrected chi connectivity index (χ0v) is 12.8. The van der Waals surface area contributed by atoms with Crippen molar-refractivity contribution in [2.24, 2.45) is 0 Å². The molecule has 3 atom stereocenters. The van der Waals surface area contributed by atoms with Crippen LogP contribution in [-0.4, -0.2) is 45.6 Å². The van der Waals surface area contributed by atoms with E-state index in [4.69, 9.17) is 15.3 Å². The molecule has 9 heteroatoms. The fourth-order valence-electron chi connectivity index (χ4n) is 0.452. The summed E-state index contributed by atoms with van der Waals surface area (Å²) in [5.41, 5.74) is 0. The van der Waals surface area contributed by atoms with Gasteiger partial charge >= 0.3 is 80.9 Å². The summed E-state index contributed by atoms with van der Waals surface area (Å²) in [6.07, 6.45) is -7.28. The molecule has 0 heterocycles. The van der Waals surface area contributed by atoms with Crippen LogP contribution in [-0.2, 0) is 9.59 Å². The fraction of sp³-hybridized carbons (Fsp3) is 0.600. The minimum Gasteiger partial charge on any atom is -0.547 e. The molecule has 0 amide bonds. The summed E-state index contributed by atoms with van der Waals surface area (Å²) in [4.78, 5) is 19.6. The van der Waals surface area contributed by atoms with Crippen LogP contribution in [0.15, 0.2) is 0 Å². The van der Waals surface area contributed by atoms with E-state index in [2.05, 4.69) is 0 Å². The maximum absolute atomic E-state index is 9.82. The van der Waals surface area contributed by atoms with Gasteiger partial charge in [0.2, 0.25) is 0 Å². The van der Waals surface area contributed by atoms with Gasteiger partial charge in [0.15, 0.2) is 0 Å². The molecule has 0 fully saturated rings. The molecule has 0 aromatic heterocycles. The molecule has 0 aromatic rings. The Labute approximate surface area is 144 Å². The number of carboxylic acid groups (broad SMARTS) is 2. The van der Waals surface area contributed by atoms with Gasteiger partial charge in [-0.2, -0.15) is 0 Å². The molecule has 0 saturated carbocycles. The Morgan fingerprint density at radius 3 is 1.29 bits per heavy atom.